The van der Waals surface area contributed by atoms with Gasteiger partial charge in [-0.05, 0) is 51.1 Å². The third-order valence-corrected chi connectivity index (χ3v) is 5.65. The highest BCUT2D eigenvalue weighted by molar-refractivity contribution is 6.31. The molecule has 1 unspecified atom stereocenters. The Labute approximate surface area is 158 Å². The lowest BCUT2D eigenvalue weighted by molar-refractivity contribution is -0.135. The molecule has 140 valence electrons. The Bertz CT molecular complexity index is 793. The first kappa shape index (κ1) is 17.6. The molecule has 1 aromatic heterocycles. The molecule has 1 aromatic carbocycles. The smallest absolute Gasteiger partial charge is 0.298 e. The number of likely N-dealkylation sites (N-methyl/N-ethyl adjacent to an activating group) is 1. The number of rotatable bonds is 2. The maximum atomic E-state index is 13.0. The van der Waals surface area contributed by atoms with Gasteiger partial charge in [0.25, 0.3) is 6.01 Å². The Kier molecular flexibility index (Phi) is 5.05. The number of nitrogens with zero attached hydrogens (tertiary/aromatic N) is 4. The van der Waals surface area contributed by atoms with Crippen molar-refractivity contribution < 1.29 is 9.21 Å². The molecule has 0 bridgehead atoms. The average Bonchev–Trinajstić information content (AvgIpc) is 2.95. The number of hydrogen-bond donors (Lipinski definition) is 0. The van der Waals surface area contributed by atoms with Crippen molar-refractivity contribution in [2.24, 2.45) is 5.92 Å². The van der Waals surface area contributed by atoms with Crippen LogP contribution in [0.15, 0.2) is 22.6 Å². The van der Waals surface area contributed by atoms with Gasteiger partial charge in [-0.15, -0.1) is 0 Å². The van der Waals surface area contributed by atoms with Crippen molar-refractivity contribution in [1.82, 2.24) is 14.8 Å². The summed E-state index contributed by atoms with van der Waals surface area (Å²) in [6.45, 7) is 5.24. The Morgan fingerprint density at radius 3 is 2.96 bits per heavy atom. The molecule has 2 aromatic rings. The fraction of sp³-hybridized carbons (Fsp3) is 0.579. The first-order valence-electron chi connectivity index (χ1n) is 9.38. The molecule has 0 N–H and O–H groups in total. The molecule has 2 saturated heterocycles. The minimum atomic E-state index is 0.0192. The SMILES string of the molecule is CN1CCCN(C(=O)C2CCCN(c3nc4cc(Cl)ccc4o3)C2)CC1. The number of halogens is 1. The highest BCUT2D eigenvalue weighted by Gasteiger charge is 2.31. The number of anilines is 1. The van der Waals surface area contributed by atoms with Gasteiger partial charge in [0.15, 0.2) is 5.58 Å². The summed E-state index contributed by atoms with van der Waals surface area (Å²) in [7, 11) is 2.12. The Hall–Kier alpha value is -1.79. The predicted molar refractivity (Wildman–Crippen MR) is 103 cm³/mol. The number of fused-ring (bicyclic) bond motifs is 1. The van der Waals surface area contributed by atoms with Gasteiger partial charge >= 0.3 is 0 Å². The Morgan fingerprint density at radius 1 is 1.19 bits per heavy atom. The van der Waals surface area contributed by atoms with Gasteiger partial charge < -0.3 is 19.1 Å². The molecule has 2 aliphatic rings. The van der Waals surface area contributed by atoms with E-state index in [-0.39, 0.29) is 11.8 Å². The molecule has 4 rings (SSSR count). The maximum absolute atomic E-state index is 13.0. The molecule has 3 heterocycles. The van der Waals surface area contributed by atoms with Crippen molar-refractivity contribution in [2.45, 2.75) is 19.3 Å². The van der Waals surface area contributed by atoms with Crippen LogP contribution >= 0.6 is 11.6 Å². The van der Waals surface area contributed by atoms with E-state index in [1.807, 2.05) is 17.0 Å². The molecule has 0 saturated carbocycles. The van der Waals surface area contributed by atoms with Gasteiger partial charge in [0.05, 0.1) is 5.92 Å². The van der Waals surface area contributed by atoms with E-state index in [9.17, 15) is 4.79 Å². The molecule has 26 heavy (non-hydrogen) atoms. The summed E-state index contributed by atoms with van der Waals surface area (Å²) < 4.78 is 5.89. The topological polar surface area (TPSA) is 52.8 Å². The molecule has 0 spiro atoms. The second-order valence-electron chi connectivity index (χ2n) is 7.38. The van der Waals surface area contributed by atoms with Crippen LogP contribution in [0.4, 0.5) is 6.01 Å². The van der Waals surface area contributed by atoms with Crippen molar-refractivity contribution in [1.29, 1.82) is 0 Å². The molecule has 2 aliphatic heterocycles. The van der Waals surface area contributed by atoms with Crippen LogP contribution in [0.3, 0.4) is 0 Å². The summed E-state index contributed by atoms with van der Waals surface area (Å²) in [5.74, 6) is 0.301. The zero-order chi connectivity index (χ0) is 18.1. The van der Waals surface area contributed by atoms with Gasteiger partial charge in [-0.1, -0.05) is 11.6 Å². The Morgan fingerprint density at radius 2 is 2.08 bits per heavy atom. The second kappa shape index (κ2) is 7.45. The largest absolute Gasteiger partial charge is 0.423 e. The van der Waals surface area contributed by atoms with E-state index in [2.05, 4.69) is 21.8 Å². The third-order valence-electron chi connectivity index (χ3n) is 5.41. The zero-order valence-electron chi connectivity index (χ0n) is 15.2. The first-order valence-corrected chi connectivity index (χ1v) is 9.76. The second-order valence-corrected chi connectivity index (χ2v) is 7.81. The summed E-state index contributed by atoms with van der Waals surface area (Å²) in [6, 6.07) is 6.05. The summed E-state index contributed by atoms with van der Waals surface area (Å²) in [5.41, 5.74) is 1.49. The molecule has 1 amide bonds. The van der Waals surface area contributed by atoms with Crippen LogP contribution in [0.2, 0.25) is 5.02 Å². The van der Waals surface area contributed by atoms with E-state index >= 15 is 0 Å². The average molecular weight is 377 g/mol. The summed E-state index contributed by atoms with van der Waals surface area (Å²) >= 11 is 6.04. The standard InChI is InChI=1S/C19H25ClN4O2/c1-22-7-3-9-23(11-10-22)18(25)14-4-2-8-24(13-14)19-21-16-12-15(20)5-6-17(16)26-19/h5-6,12,14H,2-4,7-11,13H2,1H3. The number of piperidine rings is 1. The summed E-state index contributed by atoms with van der Waals surface area (Å²) in [4.78, 5) is 24.0. The fourth-order valence-corrected chi connectivity index (χ4v) is 4.07. The lowest BCUT2D eigenvalue weighted by Gasteiger charge is -2.33. The van der Waals surface area contributed by atoms with Gasteiger partial charge in [-0.2, -0.15) is 4.98 Å². The maximum Gasteiger partial charge on any atom is 0.298 e. The summed E-state index contributed by atoms with van der Waals surface area (Å²) in [6.07, 6.45) is 2.96. The monoisotopic (exact) mass is 376 g/mol. The molecular formula is C19H25ClN4O2. The van der Waals surface area contributed by atoms with Crippen molar-refractivity contribution in [2.75, 3.05) is 51.2 Å². The van der Waals surface area contributed by atoms with Crippen LogP contribution in [0.5, 0.6) is 0 Å². The minimum Gasteiger partial charge on any atom is -0.423 e. The zero-order valence-corrected chi connectivity index (χ0v) is 15.9. The molecular weight excluding hydrogens is 352 g/mol. The molecule has 2 fully saturated rings. The van der Waals surface area contributed by atoms with Crippen molar-refractivity contribution in [3.05, 3.63) is 23.2 Å². The van der Waals surface area contributed by atoms with E-state index in [0.29, 0.717) is 17.6 Å². The molecule has 0 aliphatic carbocycles. The van der Waals surface area contributed by atoms with Crippen LogP contribution in [0, 0.1) is 5.92 Å². The van der Waals surface area contributed by atoms with Crippen molar-refractivity contribution in [3.8, 4) is 0 Å². The Balaban J connectivity index is 1.47. The van der Waals surface area contributed by atoms with Gasteiger partial charge in [-0.3, -0.25) is 4.79 Å². The van der Waals surface area contributed by atoms with E-state index in [0.717, 1.165) is 63.1 Å². The van der Waals surface area contributed by atoms with Gasteiger partial charge in [0.1, 0.15) is 5.52 Å². The van der Waals surface area contributed by atoms with E-state index in [4.69, 9.17) is 16.0 Å². The number of amides is 1. The quantitative estimate of drug-likeness (QED) is 0.806. The molecule has 1 atom stereocenters. The molecule has 0 radical (unpaired) electrons. The van der Waals surface area contributed by atoms with Crippen molar-refractivity contribution in [3.63, 3.8) is 0 Å². The normalized spacial score (nSPS) is 22.6. The number of benzene rings is 1. The van der Waals surface area contributed by atoms with Crippen LogP contribution in [0.25, 0.3) is 11.1 Å². The van der Waals surface area contributed by atoms with Crippen LogP contribution in [-0.4, -0.2) is 67.0 Å². The van der Waals surface area contributed by atoms with Gasteiger partial charge in [-0.25, -0.2) is 0 Å². The third kappa shape index (κ3) is 3.67. The number of oxazole rings is 1. The van der Waals surface area contributed by atoms with Crippen molar-refractivity contribution >= 4 is 34.6 Å². The first-order chi connectivity index (χ1) is 12.6. The predicted octanol–water partition coefficient (Wildman–Crippen LogP) is 2.86. The molecule has 6 nitrogen and oxygen atoms in total. The number of aromatic nitrogens is 1. The summed E-state index contributed by atoms with van der Waals surface area (Å²) in [5, 5.41) is 0.648. The van der Waals surface area contributed by atoms with Crippen LogP contribution < -0.4 is 4.90 Å². The number of hydrogen-bond acceptors (Lipinski definition) is 5. The fourth-order valence-electron chi connectivity index (χ4n) is 3.90. The number of carbonyl (C=O) groups is 1. The number of carbonyl (C=O) groups excluding carboxylic acids is 1. The lowest BCUT2D eigenvalue weighted by Crippen LogP contribution is -2.46. The van der Waals surface area contributed by atoms with Gasteiger partial charge in [0, 0.05) is 37.7 Å². The molecule has 7 heteroatoms. The van der Waals surface area contributed by atoms with E-state index in [1.54, 1.807) is 6.07 Å². The minimum absolute atomic E-state index is 0.0192. The highest BCUT2D eigenvalue weighted by Crippen LogP contribution is 2.28. The van der Waals surface area contributed by atoms with E-state index < -0.39 is 0 Å². The van der Waals surface area contributed by atoms with Crippen LogP contribution in [-0.2, 0) is 4.79 Å². The highest BCUT2D eigenvalue weighted by atomic mass is 35.5. The van der Waals surface area contributed by atoms with Gasteiger partial charge in [0.2, 0.25) is 5.91 Å². The van der Waals surface area contributed by atoms with E-state index in [1.165, 1.54) is 0 Å². The lowest BCUT2D eigenvalue weighted by atomic mass is 9.96. The van der Waals surface area contributed by atoms with Crippen LogP contribution in [0.1, 0.15) is 19.3 Å².